The van der Waals surface area contributed by atoms with Gasteiger partial charge < -0.3 is 9.84 Å². The highest BCUT2D eigenvalue weighted by atomic mass is 32.1. The first-order chi connectivity index (χ1) is 6.81. The van der Waals surface area contributed by atoms with Gasteiger partial charge in [0, 0.05) is 16.7 Å². The molecule has 0 saturated carbocycles. The molecule has 1 aromatic heterocycles. The Morgan fingerprint density at radius 1 is 1.43 bits per heavy atom. The van der Waals surface area contributed by atoms with E-state index in [1.54, 1.807) is 18.4 Å². The van der Waals surface area contributed by atoms with Gasteiger partial charge in [0.2, 0.25) is 0 Å². The lowest BCUT2D eigenvalue weighted by atomic mass is 10.2. The van der Waals surface area contributed by atoms with Crippen LogP contribution < -0.4 is 0 Å². The number of ether oxygens (including phenoxy) is 1. The number of methoxy groups -OCH3 is 1. The van der Waals surface area contributed by atoms with E-state index in [0.717, 1.165) is 4.88 Å². The van der Waals surface area contributed by atoms with Gasteiger partial charge in [-0.1, -0.05) is 18.2 Å². The molecule has 2 aromatic rings. The van der Waals surface area contributed by atoms with E-state index in [4.69, 9.17) is 4.74 Å². The molecule has 0 bridgehead atoms. The van der Waals surface area contributed by atoms with Crippen molar-refractivity contribution < 1.29 is 9.84 Å². The molecule has 1 heterocycles. The summed E-state index contributed by atoms with van der Waals surface area (Å²) in [6, 6.07) is 10.1. The maximum Gasteiger partial charge on any atom is 0.111 e. The summed E-state index contributed by atoms with van der Waals surface area (Å²) in [4.78, 5) is 0.966. The number of aliphatic hydroxyl groups is 1. The molecule has 0 aliphatic heterocycles. The molecular weight excluding hydrogens is 196 g/mol. The van der Waals surface area contributed by atoms with Gasteiger partial charge in [-0.25, -0.2) is 0 Å². The Morgan fingerprint density at radius 3 is 2.93 bits per heavy atom. The fourth-order valence-electron chi connectivity index (χ4n) is 1.41. The van der Waals surface area contributed by atoms with Crippen molar-refractivity contribution in [1.29, 1.82) is 0 Å². The van der Waals surface area contributed by atoms with Gasteiger partial charge in [-0.3, -0.25) is 0 Å². The SMILES string of the molecule is COCC(O)c1cc2ccccc2s1. The highest BCUT2D eigenvalue weighted by molar-refractivity contribution is 7.19. The molecule has 0 spiro atoms. The third-order valence-corrected chi connectivity index (χ3v) is 3.31. The van der Waals surface area contributed by atoms with Crippen molar-refractivity contribution in [2.75, 3.05) is 13.7 Å². The lowest BCUT2D eigenvalue weighted by molar-refractivity contribution is 0.0667. The lowest BCUT2D eigenvalue weighted by Gasteiger charge is -2.04. The zero-order valence-corrected chi connectivity index (χ0v) is 8.75. The first-order valence-electron chi connectivity index (χ1n) is 4.46. The van der Waals surface area contributed by atoms with E-state index in [1.807, 2.05) is 18.2 Å². The molecule has 0 aliphatic carbocycles. The number of rotatable bonds is 3. The average Bonchev–Trinajstić information content (AvgIpc) is 2.61. The van der Waals surface area contributed by atoms with Gasteiger partial charge in [0.05, 0.1) is 6.61 Å². The van der Waals surface area contributed by atoms with Crippen molar-refractivity contribution in [3.05, 3.63) is 35.2 Å². The molecule has 0 amide bonds. The summed E-state index contributed by atoms with van der Waals surface area (Å²) in [5, 5.41) is 10.9. The summed E-state index contributed by atoms with van der Waals surface area (Å²) < 4.78 is 6.12. The molecule has 14 heavy (non-hydrogen) atoms. The third-order valence-electron chi connectivity index (χ3n) is 2.10. The minimum Gasteiger partial charge on any atom is -0.385 e. The van der Waals surface area contributed by atoms with E-state index in [2.05, 4.69) is 12.1 Å². The van der Waals surface area contributed by atoms with E-state index in [9.17, 15) is 5.11 Å². The predicted octanol–water partition coefficient (Wildman–Crippen LogP) is 2.58. The van der Waals surface area contributed by atoms with Crippen LogP contribution in [0.2, 0.25) is 0 Å². The number of thiophene rings is 1. The molecular formula is C11H12O2S. The molecule has 0 saturated heterocycles. The third kappa shape index (κ3) is 1.80. The van der Waals surface area contributed by atoms with Gasteiger partial charge in [-0.15, -0.1) is 11.3 Å². The summed E-state index contributed by atoms with van der Waals surface area (Å²) in [6.45, 7) is 0.354. The molecule has 0 aliphatic rings. The molecule has 1 atom stereocenters. The summed E-state index contributed by atoms with van der Waals surface area (Å²) in [5.74, 6) is 0. The zero-order chi connectivity index (χ0) is 9.97. The number of benzene rings is 1. The van der Waals surface area contributed by atoms with Crippen LogP contribution in [0.5, 0.6) is 0 Å². The van der Waals surface area contributed by atoms with Crippen LogP contribution in [0.1, 0.15) is 11.0 Å². The quantitative estimate of drug-likeness (QED) is 0.840. The largest absolute Gasteiger partial charge is 0.385 e. The van der Waals surface area contributed by atoms with Crippen LogP contribution in [0.3, 0.4) is 0 Å². The summed E-state index contributed by atoms with van der Waals surface area (Å²) >= 11 is 1.62. The Bertz CT molecular complexity index is 389. The zero-order valence-electron chi connectivity index (χ0n) is 7.93. The monoisotopic (exact) mass is 208 g/mol. The average molecular weight is 208 g/mol. The molecule has 1 unspecified atom stereocenters. The molecule has 2 nitrogen and oxygen atoms in total. The fourth-order valence-corrected chi connectivity index (χ4v) is 2.44. The van der Waals surface area contributed by atoms with Crippen LogP contribution in [-0.4, -0.2) is 18.8 Å². The van der Waals surface area contributed by atoms with Crippen molar-refractivity contribution in [3.8, 4) is 0 Å². The van der Waals surface area contributed by atoms with E-state index in [0.29, 0.717) is 6.61 Å². The van der Waals surface area contributed by atoms with Crippen LogP contribution >= 0.6 is 11.3 Å². The molecule has 74 valence electrons. The fraction of sp³-hybridized carbons (Fsp3) is 0.273. The van der Waals surface area contributed by atoms with Crippen molar-refractivity contribution >= 4 is 21.4 Å². The van der Waals surface area contributed by atoms with Gasteiger partial charge >= 0.3 is 0 Å². The molecule has 0 fully saturated rings. The maximum atomic E-state index is 9.71. The summed E-state index contributed by atoms with van der Waals surface area (Å²) in [5.41, 5.74) is 0. The van der Waals surface area contributed by atoms with Gasteiger partial charge in [0.15, 0.2) is 0 Å². The highest BCUT2D eigenvalue weighted by Gasteiger charge is 2.10. The Kier molecular flexibility index (Phi) is 2.82. The molecule has 0 radical (unpaired) electrons. The number of hydrogen-bond donors (Lipinski definition) is 1. The van der Waals surface area contributed by atoms with Gasteiger partial charge in [0.25, 0.3) is 0 Å². The van der Waals surface area contributed by atoms with Crippen molar-refractivity contribution in [2.45, 2.75) is 6.10 Å². The first kappa shape index (κ1) is 9.65. The second-order valence-corrected chi connectivity index (χ2v) is 4.27. The number of hydrogen-bond acceptors (Lipinski definition) is 3. The van der Waals surface area contributed by atoms with E-state index in [-0.39, 0.29) is 0 Å². The van der Waals surface area contributed by atoms with Crippen LogP contribution in [0.25, 0.3) is 10.1 Å². The number of aliphatic hydroxyl groups excluding tert-OH is 1. The predicted molar refractivity (Wildman–Crippen MR) is 58.7 cm³/mol. The maximum absolute atomic E-state index is 9.71. The Hall–Kier alpha value is -0.900. The second kappa shape index (κ2) is 4.09. The minimum absolute atomic E-state index is 0.354. The molecule has 3 heteroatoms. The molecule has 1 N–H and O–H groups in total. The van der Waals surface area contributed by atoms with Crippen molar-refractivity contribution in [3.63, 3.8) is 0 Å². The van der Waals surface area contributed by atoms with Crippen molar-refractivity contribution in [1.82, 2.24) is 0 Å². The smallest absolute Gasteiger partial charge is 0.111 e. The standard InChI is InChI=1S/C11H12O2S/c1-13-7-9(12)11-6-8-4-2-3-5-10(8)14-11/h2-6,9,12H,7H2,1H3. The van der Waals surface area contributed by atoms with Gasteiger partial charge in [-0.2, -0.15) is 0 Å². The molecule has 2 rings (SSSR count). The van der Waals surface area contributed by atoms with Crippen LogP contribution in [0.15, 0.2) is 30.3 Å². The summed E-state index contributed by atoms with van der Waals surface area (Å²) in [7, 11) is 1.59. The number of fused-ring (bicyclic) bond motifs is 1. The summed E-state index contributed by atoms with van der Waals surface area (Å²) in [6.07, 6.45) is -0.502. The van der Waals surface area contributed by atoms with Crippen LogP contribution in [0.4, 0.5) is 0 Å². The van der Waals surface area contributed by atoms with Crippen molar-refractivity contribution in [2.24, 2.45) is 0 Å². The van der Waals surface area contributed by atoms with E-state index >= 15 is 0 Å². The van der Waals surface area contributed by atoms with Crippen LogP contribution in [0, 0.1) is 0 Å². The van der Waals surface area contributed by atoms with Crippen LogP contribution in [-0.2, 0) is 4.74 Å². The Balaban J connectivity index is 2.35. The van der Waals surface area contributed by atoms with Gasteiger partial charge in [-0.05, 0) is 17.5 Å². The Labute approximate surface area is 86.8 Å². The first-order valence-corrected chi connectivity index (χ1v) is 5.28. The van der Waals surface area contributed by atoms with E-state index < -0.39 is 6.10 Å². The highest BCUT2D eigenvalue weighted by Crippen LogP contribution is 2.29. The minimum atomic E-state index is -0.502. The topological polar surface area (TPSA) is 29.5 Å². The second-order valence-electron chi connectivity index (χ2n) is 3.16. The lowest BCUT2D eigenvalue weighted by Crippen LogP contribution is -2.02. The normalized spacial score (nSPS) is 13.3. The van der Waals surface area contributed by atoms with E-state index in [1.165, 1.54) is 10.1 Å². The molecule has 1 aromatic carbocycles. The van der Waals surface area contributed by atoms with Gasteiger partial charge in [0.1, 0.15) is 6.10 Å². The Morgan fingerprint density at radius 2 is 2.21 bits per heavy atom.